The zero-order chi connectivity index (χ0) is 30.7. The SMILES string of the molecule is C/C(=C\c1ccc(O[C@H]2CC[C@@H](/C(C)=N/OCc3cccc(Cl)c3)C2)c(F)c1)C(=O)NC1[C@@H](O)C2OCO[C@@H]2[C@H](O)[C@H]1O. The molecule has 2 aromatic rings. The smallest absolute Gasteiger partial charge is 0.247 e. The second kappa shape index (κ2) is 13.7. The maximum Gasteiger partial charge on any atom is 0.247 e. The van der Waals surface area contributed by atoms with Crippen molar-refractivity contribution in [2.45, 2.75) is 82.4 Å². The first-order valence-corrected chi connectivity index (χ1v) is 14.6. The molecule has 2 aromatic carbocycles. The van der Waals surface area contributed by atoms with Gasteiger partial charge in [-0.15, -0.1) is 0 Å². The number of amides is 1. The molecule has 1 amide bonds. The zero-order valence-electron chi connectivity index (χ0n) is 23.9. The van der Waals surface area contributed by atoms with E-state index in [1.807, 2.05) is 25.1 Å². The van der Waals surface area contributed by atoms with Gasteiger partial charge < -0.3 is 39.7 Å². The molecule has 2 aliphatic carbocycles. The lowest BCUT2D eigenvalue weighted by atomic mass is 9.83. The molecule has 0 spiro atoms. The molecule has 1 saturated heterocycles. The Labute approximate surface area is 254 Å². The Hall–Kier alpha value is -3.06. The molecule has 5 rings (SSSR count). The van der Waals surface area contributed by atoms with Crippen LogP contribution in [-0.2, 0) is 25.7 Å². The number of nitrogens with one attached hydrogen (secondary N) is 1. The molecule has 0 bridgehead atoms. The highest BCUT2D eigenvalue weighted by Gasteiger charge is 2.53. The van der Waals surface area contributed by atoms with Crippen LogP contribution in [0.1, 0.15) is 44.2 Å². The Bertz CT molecular complexity index is 1370. The van der Waals surface area contributed by atoms with E-state index in [9.17, 15) is 24.5 Å². The van der Waals surface area contributed by atoms with Crippen molar-refractivity contribution in [3.05, 3.63) is 70.0 Å². The Morgan fingerprint density at radius 2 is 1.86 bits per heavy atom. The van der Waals surface area contributed by atoms with E-state index < -0.39 is 48.3 Å². The van der Waals surface area contributed by atoms with Gasteiger partial charge >= 0.3 is 0 Å². The maximum absolute atomic E-state index is 15.0. The fraction of sp³-hybridized carbons (Fsp3) is 0.484. The summed E-state index contributed by atoms with van der Waals surface area (Å²) in [4.78, 5) is 18.3. The number of ether oxygens (including phenoxy) is 3. The summed E-state index contributed by atoms with van der Waals surface area (Å²) in [5, 5.41) is 38.8. The van der Waals surface area contributed by atoms with E-state index in [4.69, 9.17) is 30.6 Å². The fourth-order valence-corrected chi connectivity index (χ4v) is 5.97. The Balaban J connectivity index is 1.13. The molecular formula is C31H36ClFN2O8. The Kier molecular flexibility index (Phi) is 10.0. The summed E-state index contributed by atoms with van der Waals surface area (Å²) >= 11 is 6.01. The van der Waals surface area contributed by atoms with Crippen LogP contribution in [0.25, 0.3) is 6.08 Å². The first-order valence-electron chi connectivity index (χ1n) is 14.2. The maximum atomic E-state index is 15.0. The van der Waals surface area contributed by atoms with Gasteiger partial charge in [0.1, 0.15) is 43.9 Å². The van der Waals surface area contributed by atoms with Gasteiger partial charge in [0.15, 0.2) is 11.6 Å². The number of aliphatic hydroxyl groups is 3. The summed E-state index contributed by atoms with van der Waals surface area (Å²) in [5.41, 5.74) is 2.42. The fourth-order valence-electron chi connectivity index (χ4n) is 5.76. The number of hydrogen-bond acceptors (Lipinski definition) is 9. The predicted octanol–water partition coefficient (Wildman–Crippen LogP) is 3.35. The average Bonchev–Trinajstić information content (AvgIpc) is 3.66. The molecule has 232 valence electrons. The minimum absolute atomic E-state index is 0.118. The Morgan fingerprint density at radius 3 is 2.60 bits per heavy atom. The first kappa shape index (κ1) is 31.4. The van der Waals surface area contributed by atoms with Gasteiger partial charge in [-0.05, 0) is 74.6 Å². The largest absolute Gasteiger partial charge is 0.487 e. The number of halogens is 2. The molecule has 43 heavy (non-hydrogen) atoms. The van der Waals surface area contributed by atoms with Crippen LogP contribution in [0.5, 0.6) is 5.75 Å². The van der Waals surface area contributed by atoms with Gasteiger partial charge in [-0.25, -0.2) is 4.39 Å². The average molecular weight is 619 g/mol. The summed E-state index contributed by atoms with van der Waals surface area (Å²) in [5.74, 6) is -0.880. The minimum atomic E-state index is -1.46. The number of benzene rings is 2. The molecule has 4 N–H and O–H groups in total. The minimum Gasteiger partial charge on any atom is -0.487 e. The highest BCUT2D eigenvalue weighted by atomic mass is 35.5. The van der Waals surface area contributed by atoms with Crippen LogP contribution in [0.4, 0.5) is 4.39 Å². The number of carbonyl (C=O) groups excluding carboxylic acids is 1. The van der Waals surface area contributed by atoms with Crippen LogP contribution in [0.2, 0.25) is 5.02 Å². The predicted molar refractivity (Wildman–Crippen MR) is 156 cm³/mol. The summed E-state index contributed by atoms with van der Waals surface area (Å²) in [7, 11) is 0. The molecule has 2 saturated carbocycles. The van der Waals surface area contributed by atoms with Gasteiger partial charge in [-0.3, -0.25) is 4.79 Å². The lowest BCUT2D eigenvalue weighted by Gasteiger charge is -2.41. The van der Waals surface area contributed by atoms with E-state index in [0.717, 1.165) is 24.1 Å². The van der Waals surface area contributed by atoms with Gasteiger partial charge in [0.25, 0.3) is 0 Å². The van der Waals surface area contributed by atoms with Crippen LogP contribution in [0.15, 0.2) is 53.2 Å². The van der Waals surface area contributed by atoms with Crippen LogP contribution < -0.4 is 10.1 Å². The van der Waals surface area contributed by atoms with Crippen LogP contribution in [-0.4, -0.2) is 76.4 Å². The molecule has 3 fully saturated rings. The molecule has 0 radical (unpaired) electrons. The van der Waals surface area contributed by atoms with E-state index in [2.05, 4.69) is 10.5 Å². The number of aliphatic hydroxyl groups excluding tert-OH is 3. The molecule has 12 heteroatoms. The summed E-state index contributed by atoms with van der Waals surface area (Å²) in [6.45, 7) is 3.62. The van der Waals surface area contributed by atoms with Crippen molar-refractivity contribution >= 4 is 29.3 Å². The van der Waals surface area contributed by atoms with Gasteiger partial charge in [-0.2, -0.15) is 0 Å². The van der Waals surface area contributed by atoms with Crippen molar-refractivity contribution in [2.24, 2.45) is 11.1 Å². The second-order valence-electron chi connectivity index (χ2n) is 11.3. The van der Waals surface area contributed by atoms with Crippen molar-refractivity contribution < 1.29 is 43.6 Å². The summed E-state index contributed by atoms with van der Waals surface area (Å²) in [6, 6.07) is 10.7. The third-order valence-electron chi connectivity index (χ3n) is 8.20. The van der Waals surface area contributed by atoms with Gasteiger partial charge in [-0.1, -0.05) is 35.0 Å². The number of hydrogen-bond donors (Lipinski definition) is 4. The number of rotatable bonds is 9. The third kappa shape index (κ3) is 7.36. The van der Waals surface area contributed by atoms with E-state index in [1.165, 1.54) is 25.1 Å². The Morgan fingerprint density at radius 1 is 1.09 bits per heavy atom. The first-order chi connectivity index (χ1) is 20.6. The highest BCUT2D eigenvalue weighted by molar-refractivity contribution is 6.30. The molecule has 2 unspecified atom stereocenters. The molecule has 0 aromatic heterocycles. The van der Waals surface area contributed by atoms with E-state index in [0.29, 0.717) is 23.6 Å². The van der Waals surface area contributed by atoms with E-state index in [1.54, 1.807) is 12.1 Å². The van der Waals surface area contributed by atoms with Gasteiger partial charge in [0.2, 0.25) is 5.91 Å². The van der Waals surface area contributed by atoms with Crippen molar-refractivity contribution in [3.8, 4) is 5.75 Å². The lowest BCUT2D eigenvalue weighted by Crippen LogP contribution is -2.67. The normalized spacial score (nSPS) is 31.0. The van der Waals surface area contributed by atoms with Crippen molar-refractivity contribution in [2.75, 3.05) is 6.79 Å². The highest BCUT2D eigenvalue weighted by Crippen LogP contribution is 2.33. The lowest BCUT2D eigenvalue weighted by molar-refractivity contribution is -0.155. The second-order valence-corrected chi connectivity index (χ2v) is 11.7. The molecule has 3 aliphatic rings. The molecule has 8 atom stereocenters. The van der Waals surface area contributed by atoms with Crippen molar-refractivity contribution in [3.63, 3.8) is 0 Å². The van der Waals surface area contributed by atoms with Gasteiger partial charge in [0.05, 0.1) is 17.9 Å². The number of carbonyl (C=O) groups is 1. The molecular weight excluding hydrogens is 583 g/mol. The van der Waals surface area contributed by atoms with E-state index >= 15 is 0 Å². The topological polar surface area (TPSA) is 139 Å². The van der Waals surface area contributed by atoms with Crippen LogP contribution in [0, 0.1) is 11.7 Å². The zero-order valence-corrected chi connectivity index (χ0v) is 24.6. The number of nitrogens with zero attached hydrogens (tertiary/aromatic N) is 1. The van der Waals surface area contributed by atoms with Crippen LogP contribution in [0.3, 0.4) is 0 Å². The number of fused-ring (bicyclic) bond motifs is 1. The quantitative estimate of drug-likeness (QED) is 0.191. The molecule has 10 nitrogen and oxygen atoms in total. The monoisotopic (exact) mass is 618 g/mol. The summed E-state index contributed by atoms with van der Waals surface area (Å²) < 4.78 is 31.5. The van der Waals surface area contributed by atoms with Crippen molar-refractivity contribution in [1.29, 1.82) is 0 Å². The van der Waals surface area contributed by atoms with Crippen LogP contribution >= 0.6 is 11.6 Å². The molecule has 1 aliphatic heterocycles. The van der Waals surface area contributed by atoms with Gasteiger partial charge in [0, 0.05) is 16.5 Å². The number of oxime groups is 1. The molecule has 1 heterocycles. The van der Waals surface area contributed by atoms with Crippen molar-refractivity contribution in [1.82, 2.24) is 5.32 Å². The third-order valence-corrected chi connectivity index (χ3v) is 8.43. The standard InChI is InChI=1S/C31H36ClFN2O8/c1-16(31(39)34-25-26(36)28(38)30-29(27(25)37)40-15-41-30)10-18-6-9-24(23(33)12-18)43-22-8-7-20(13-22)17(2)35-42-14-19-4-3-5-21(32)11-19/h3-6,9-12,20,22,25-30,36-38H,7-8,13-15H2,1-2H3,(H,34,39)/b16-10+,35-17+/t20-,22+,25?,26+,27-,28-,29?,30-/m1/s1. The summed E-state index contributed by atoms with van der Waals surface area (Å²) in [6.07, 6.45) is -2.28. The van der Waals surface area contributed by atoms with E-state index in [-0.39, 0.29) is 30.1 Å².